The number of rotatable bonds is 5. The number of anilines is 2. The lowest BCUT2D eigenvalue weighted by Crippen LogP contribution is -2.41. The Morgan fingerprint density at radius 3 is 2.12 bits per heavy atom. The molecule has 2 N–H and O–H groups in total. The molecule has 4 rings (SSSR count). The van der Waals surface area contributed by atoms with Crippen LogP contribution < -0.4 is 24.8 Å². The monoisotopic (exact) mass is 459 g/mol. The van der Waals surface area contributed by atoms with Crippen LogP contribution in [0.3, 0.4) is 0 Å². The molecule has 34 heavy (non-hydrogen) atoms. The van der Waals surface area contributed by atoms with E-state index in [0.29, 0.717) is 0 Å². The molecule has 0 fully saturated rings. The second-order valence-electron chi connectivity index (χ2n) is 6.84. The van der Waals surface area contributed by atoms with Crippen LogP contribution >= 0.6 is 0 Å². The van der Waals surface area contributed by atoms with E-state index in [1.807, 2.05) is 0 Å². The van der Waals surface area contributed by atoms with Crippen LogP contribution in [0.15, 0.2) is 97.2 Å². The standard InChI is InChI=1S/C25H18FN3O5/c26-21-15-19(11-12-22(21)27)32-20-13-14-28-23(16-20)34-25(31)29(17-7-3-1-4-8-17)24(30)33-18-9-5-2-6-10-18/h1-16H,27H2. The van der Waals surface area contributed by atoms with E-state index in [0.717, 1.165) is 11.0 Å². The zero-order chi connectivity index (χ0) is 23.9. The van der Waals surface area contributed by atoms with Gasteiger partial charge in [-0.1, -0.05) is 36.4 Å². The third-order valence-electron chi connectivity index (χ3n) is 4.43. The minimum absolute atomic E-state index is 0.0138. The predicted molar refractivity (Wildman–Crippen MR) is 123 cm³/mol. The molecule has 4 aromatic rings. The van der Waals surface area contributed by atoms with Crippen LogP contribution in [0.25, 0.3) is 0 Å². The van der Waals surface area contributed by atoms with Crippen molar-refractivity contribution in [3.8, 4) is 23.1 Å². The molecular weight excluding hydrogens is 441 g/mol. The summed E-state index contributed by atoms with van der Waals surface area (Å²) in [7, 11) is 0. The third-order valence-corrected chi connectivity index (χ3v) is 4.43. The number of benzene rings is 3. The Bertz CT molecular complexity index is 1300. The first-order valence-electron chi connectivity index (χ1n) is 10.0. The Labute approximate surface area is 193 Å². The fourth-order valence-corrected chi connectivity index (χ4v) is 2.85. The van der Waals surface area contributed by atoms with Crippen molar-refractivity contribution in [1.29, 1.82) is 0 Å². The van der Waals surface area contributed by atoms with Crippen molar-refractivity contribution in [3.63, 3.8) is 0 Å². The summed E-state index contributed by atoms with van der Waals surface area (Å²) in [6, 6.07) is 23.2. The zero-order valence-corrected chi connectivity index (χ0v) is 17.6. The number of ether oxygens (including phenoxy) is 3. The van der Waals surface area contributed by atoms with Gasteiger partial charge in [-0.05, 0) is 42.5 Å². The van der Waals surface area contributed by atoms with Crippen LogP contribution in [0.2, 0.25) is 0 Å². The van der Waals surface area contributed by atoms with Gasteiger partial charge in [0.1, 0.15) is 23.1 Å². The number of para-hydroxylation sites is 2. The summed E-state index contributed by atoms with van der Waals surface area (Å²) >= 11 is 0. The molecule has 0 aliphatic rings. The quantitative estimate of drug-likeness (QED) is 0.376. The van der Waals surface area contributed by atoms with Gasteiger partial charge >= 0.3 is 12.2 Å². The number of nitrogens with two attached hydrogens (primary N) is 1. The number of carbonyl (C=O) groups excluding carboxylic acids is 2. The zero-order valence-electron chi connectivity index (χ0n) is 17.6. The molecule has 0 saturated carbocycles. The van der Waals surface area contributed by atoms with Crippen molar-refractivity contribution in [1.82, 2.24) is 4.98 Å². The average molecular weight is 459 g/mol. The van der Waals surface area contributed by atoms with Crippen molar-refractivity contribution in [2.75, 3.05) is 10.6 Å². The highest BCUT2D eigenvalue weighted by Gasteiger charge is 2.28. The van der Waals surface area contributed by atoms with Crippen molar-refractivity contribution in [3.05, 3.63) is 103 Å². The molecule has 1 heterocycles. The highest BCUT2D eigenvalue weighted by atomic mass is 19.1. The summed E-state index contributed by atoms with van der Waals surface area (Å²) in [4.78, 5) is 30.5. The molecule has 0 aliphatic heterocycles. The van der Waals surface area contributed by atoms with E-state index in [-0.39, 0.29) is 34.5 Å². The fraction of sp³-hybridized carbons (Fsp3) is 0. The number of aromatic nitrogens is 1. The first-order chi connectivity index (χ1) is 16.5. The molecule has 0 aliphatic carbocycles. The van der Waals surface area contributed by atoms with Gasteiger partial charge < -0.3 is 19.9 Å². The van der Waals surface area contributed by atoms with Gasteiger partial charge in [-0.2, -0.15) is 4.90 Å². The summed E-state index contributed by atoms with van der Waals surface area (Å²) in [6.45, 7) is 0. The average Bonchev–Trinajstić information content (AvgIpc) is 2.83. The first-order valence-corrected chi connectivity index (χ1v) is 10.0. The summed E-state index contributed by atoms with van der Waals surface area (Å²) in [5.41, 5.74) is 5.69. The van der Waals surface area contributed by atoms with Gasteiger partial charge in [0.25, 0.3) is 0 Å². The highest BCUT2D eigenvalue weighted by Crippen LogP contribution is 2.27. The number of carbonyl (C=O) groups is 2. The summed E-state index contributed by atoms with van der Waals surface area (Å²) in [5, 5.41) is 0. The van der Waals surface area contributed by atoms with Crippen molar-refractivity contribution in [2.45, 2.75) is 0 Å². The van der Waals surface area contributed by atoms with Crippen LogP contribution in [0.1, 0.15) is 0 Å². The van der Waals surface area contributed by atoms with Crippen LogP contribution in [-0.2, 0) is 0 Å². The van der Waals surface area contributed by atoms with E-state index in [4.69, 9.17) is 19.9 Å². The smallest absolute Gasteiger partial charge is 0.430 e. The van der Waals surface area contributed by atoms with E-state index >= 15 is 0 Å². The molecule has 170 valence electrons. The van der Waals surface area contributed by atoms with Crippen LogP contribution in [0.5, 0.6) is 23.1 Å². The normalized spacial score (nSPS) is 10.3. The predicted octanol–water partition coefficient (Wildman–Crippen LogP) is 5.80. The second kappa shape index (κ2) is 10.1. The van der Waals surface area contributed by atoms with Crippen molar-refractivity contribution >= 4 is 23.6 Å². The Balaban J connectivity index is 1.53. The number of pyridine rings is 1. The number of hydrogen-bond acceptors (Lipinski definition) is 7. The summed E-state index contributed by atoms with van der Waals surface area (Å²) in [6.07, 6.45) is -0.678. The lowest BCUT2D eigenvalue weighted by atomic mass is 10.3. The van der Waals surface area contributed by atoms with Gasteiger partial charge in [0.2, 0.25) is 5.88 Å². The maximum absolute atomic E-state index is 13.7. The van der Waals surface area contributed by atoms with E-state index in [1.165, 1.54) is 30.5 Å². The topological polar surface area (TPSA) is 104 Å². The maximum atomic E-state index is 13.7. The Morgan fingerprint density at radius 2 is 1.41 bits per heavy atom. The highest BCUT2D eigenvalue weighted by molar-refractivity contribution is 6.10. The molecule has 8 nitrogen and oxygen atoms in total. The van der Waals surface area contributed by atoms with Gasteiger partial charge in [0.15, 0.2) is 0 Å². The Morgan fingerprint density at radius 1 is 0.765 bits per heavy atom. The van der Waals surface area contributed by atoms with Crippen LogP contribution in [0, 0.1) is 5.82 Å². The molecular formula is C25H18FN3O5. The van der Waals surface area contributed by atoms with E-state index in [9.17, 15) is 14.0 Å². The number of halogens is 1. The Kier molecular flexibility index (Phi) is 6.64. The molecule has 0 bridgehead atoms. The molecule has 1 aromatic heterocycles. The SMILES string of the molecule is Nc1ccc(Oc2ccnc(OC(=O)N(C(=O)Oc3ccccc3)c3ccccc3)c2)cc1F. The molecule has 0 spiro atoms. The number of imide groups is 1. The first kappa shape index (κ1) is 22.3. The minimum atomic E-state index is -1.05. The third kappa shape index (κ3) is 5.46. The van der Waals surface area contributed by atoms with Crippen molar-refractivity contribution in [2.24, 2.45) is 0 Å². The summed E-state index contributed by atoms with van der Waals surface area (Å²) < 4.78 is 29.9. The minimum Gasteiger partial charge on any atom is -0.457 e. The van der Waals surface area contributed by atoms with Gasteiger partial charge in [0, 0.05) is 18.3 Å². The molecule has 3 aromatic carbocycles. The number of nitrogens with zero attached hydrogens (tertiary/aromatic N) is 2. The molecule has 9 heteroatoms. The van der Waals surface area contributed by atoms with Gasteiger partial charge in [0.05, 0.1) is 11.4 Å². The van der Waals surface area contributed by atoms with Gasteiger partial charge in [-0.3, -0.25) is 0 Å². The number of amides is 2. The lowest BCUT2D eigenvalue weighted by molar-refractivity contribution is 0.189. The molecule has 0 unspecified atom stereocenters. The molecule has 0 atom stereocenters. The van der Waals surface area contributed by atoms with E-state index in [1.54, 1.807) is 60.7 Å². The summed E-state index contributed by atoms with van der Waals surface area (Å²) in [5.74, 6) is -0.112. The van der Waals surface area contributed by atoms with Crippen LogP contribution in [-0.4, -0.2) is 17.2 Å². The second-order valence-corrected chi connectivity index (χ2v) is 6.84. The Hall–Kier alpha value is -4.92. The van der Waals surface area contributed by atoms with Crippen molar-refractivity contribution < 1.29 is 28.2 Å². The van der Waals surface area contributed by atoms with Gasteiger partial charge in [-0.25, -0.2) is 19.0 Å². The molecule has 2 amide bonds. The largest absolute Gasteiger partial charge is 0.457 e. The van der Waals surface area contributed by atoms with Gasteiger partial charge in [-0.15, -0.1) is 0 Å². The molecule has 0 saturated heterocycles. The number of hydrogen-bond donors (Lipinski definition) is 1. The fourth-order valence-electron chi connectivity index (χ4n) is 2.85. The van der Waals surface area contributed by atoms with Crippen LogP contribution in [0.4, 0.5) is 25.4 Å². The van der Waals surface area contributed by atoms with E-state index in [2.05, 4.69) is 4.98 Å². The van der Waals surface area contributed by atoms with E-state index < -0.39 is 18.0 Å². The number of nitrogen functional groups attached to an aromatic ring is 1. The molecule has 0 radical (unpaired) electrons. The maximum Gasteiger partial charge on any atom is 0.430 e. The lowest BCUT2D eigenvalue weighted by Gasteiger charge is -2.19.